The number of carbonyl (C=O) groups is 1. The summed E-state index contributed by atoms with van der Waals surface area (Å²) in [5.41, 5.74) is 9.80. The maximum absolute atomic E-state index is 11.9. The minimum absolute atomic E-state index is 0. The van der Waals surface area contributed by atoms with Crippen molar-refractivity contribution in [3.63, 3.8) is 0 Å². The molecule has 0 saturated heterocycles. The number of aromatic nitrogens is 1. The molecule has 1 aliphatic carbocycles. The quantitative estimate of drug-likeness (QED) is 0.884. The standard InChI is InChI=1S/C17H21N3OS.ClH/c1-17(2,18)15(21)20-16-19-14(10-22-16)13-8-7-11-5-3-4-6-12(11)9-13;/h7-10H,3-6,18H2,1-2H3,(H,19,20,21);1H. The molecule has 0 fully saturated rings. The normalized spacial score (nSPS) is 13.9. The third-order valence-corrected chi connectivity index (χ3v) is 4.71. The molecule has 6 heteroatoms. The van der Waals surface area contributed by atoms with Gasteiger partial charge in [-0.1, -0.05) is 12.1 Å². The maximum atomic E-state index is 11.9. The first-order chi connectivity index (χ1) is 10.4. The Balaban J connectivity index is 0.00000192. The number of amides is 1. The summed E-state index contributed by atoms with van der Waals surface area (Å²) >= 11 is 1.43. The topological polar surface area (TPSA) is 68.0 Å². The molecular weight excluding hydrogens is 330 g/mol. The second-order valence-corrected chi connectivity index (χ2v) is 7.26. The fourth-order valence-corrected chi connectivity index (χ4v) is 3.33. The highest BCUT2D eigenvalue weighted by molar-refractivity contribution is 7.14. The average Bonchev–Trinajstić information content (AvgIpc) is 2.94. The van der Waals surface area contributed by atoms with Crippen molar-refractivity contribution in [2.75, 3.05) is 5.32 Å². The van der Waals surface area contributed by atoms with Crippen LogP contribution in [0.5, 0.6) is 0 Å². The van der Waals surface area contributed by atoms with Crippen molar-refractivity contribution in [1.82, 2.24) is 4.98 Å². The van der Waals surface area contributed by atoms with Gasteiger partial charge in [-0.25, -0.2) is 4.98 Å². The number of thiazole rings is 1. The molecule has 0 atom stereocenters. The zero-order valence-corrected chi connectivity index (χ0v) is 15.0. The van der Waals surface area contributed by atoms with Gasteiger partial charge < -0.3 is 11.1 Å². The number of carbonyl (C=O) groups excluding carboxylic acids is 1. The Hall–Kier alpha value is -1.43. The SMILES string of the molecule is CC(C)(N)C(=O)Nc1nc(-c2ccc3c(c2)CCCC3)cs1.Cl. The molecule has 1 aromatic heterocycles. The summed E-state index contributed by atoms with van der Waals surface area (Å²) in [5.74, 6) is -0.223. The molecule has 1 aromatic carbocycles. The van der Waals surface area contributed by atoms with Gasteiger partial charge in [0.05, 0.1) is 11.2 Å². The van der Waals surface area contributed by atoms with Crippen LogP contribution < -0.4 is 11.1 Å². The van der Waals surface area contributed by atoms with Gasteiger partial charge >= 0.3 is 0 Å². The lowest BCUT2D eigenvalue weighted by Gasteiger charge is -2.16. The summed E-state index contributed by atoms with van der Waals surface area (Å²) in [6.45, 7) is 3.36. The Morgan fingerprint density at radius 1 is 1.26 bits per heavy atom. The van der Waals surface area contributed by atoms with Crippen LogP contribution in [0.3, 0.4) is 0 Å². The molecular formula is C17H22ClN3OS. The van der Waals surface area contributed by atoms with Crippen molar-refractivity contribution >= 4 is 34.8 Å². The zero-order chi connectivity index (χ0) is 15.7. The van der Waals surface area contributed by atoms with Crippen LogP contribution in [-0.2, 0) is 17.6 Å². The number of nitrogens with one attached hydrogen (secondary N) is 1. The molecule has 0 aliphatic heterocycles. The lowest BCUT2D eigenvalue weighted by molar-refractivity contribution is -0.120. The van der Waals surface area contributed by atoms with Crippen molar-refractivity contribution in [3.8, 4) is 11.3 Å². The van der Waals surface area contributed by atoms with Crippen LogP contribution in [-0.4, -0.2) is 16.4 Å². The maximum Gasteiger partial charge on any atom is 0.245 e. The molecule has 0 unspecified atom stereocenters. The molecule has 3 rings (SSSR count). The van der Waals surface area contributed by atoms with Gasteiger partial charge in [0.25, 0.3) is 0 Å². The van der Waals surface area contributed by atoms with E-state index < -0.39 is 5.54 Å². The summed E-state index contributed by atoms with van der Waals surface area (Å²) in [4.78, 5) is 16.4. The number of nitrogens with two attached hydrogens (primary N) is 1. The Bertz CT molecular complexity index is 706. The molecule has 4 nitrogen and oxygen atoms in total. The molecule has 2 aromatic rings. The van der Waals surface area contributed by atoms with E-state index in [9.17, 15) is 4.79 Å². The van der Waals surface area contributed by atoms with Crippen molar-refractivity contribution < 1.29 is 4.79 Å². The molecule has 0 radical (unpaired) electrons. The number of rotatable bonds is 3. The van der Waals surface area contributed by atoms with Crippen molar-refractivity contribution in [2.45, 2.75) is 45.1 Å². The van der Waals surface area contributed by atoms with E-state index in [1.165, 1.54) is 41.7 Å². The van der Waals surface area contributed by atoms with Crippen LogP contribution in [0.2, 0.25) is 0 Å². The predicted molar refractivity (Wildman–Crippen MR) is 98.3 cm³/mol. The van der Waals surface area contributed by atoms with Gasteiger partial charge in [-0.05, 0) is 56.7 Å². The van der Waals surface area contributed by atoms with Crippen LogP contribution in [0.15, 0.2) is 23.6 Å². The lowest BCUT2D eigenvalue weighted by Crippen LogP contribution is -2.45. The lowest BCUT2D eigenvalue weighted by atomic mass is 9.90. The zero-order valence-electron chi connectivity index (χ0n) is 13.4. The molecule has 1 amide bonds. The van der Waals surface area contributed by atoms with Gasteiger partial charge in [0.2, 0.25) is 5.91 Å². The Morgan fingerprint density at radius 3 is 2.65 bits per heavy atom. The van der Waals surface area contributed by atoms with Crippen molar-refractivity contribution in [3.05, 3.63) is 34.7 Å². The van der Waals surface area contributed by atoms with Gasteiger partial charge in [-0.15, -0.1) is 23.7 Å². The Kier molecular flexibility index (Phi) is 5.45. The average molecular weight is 352 g/mol. The van der Waals surface area contributed by atoms with E-state index in [0.717, 1.165) is 17.7 Å². The van der Waals surface area contributed by atoms with E-state index in [4.69, 9.17) is 5.73 Å². The van der Waals surface area contributed by atoms with E-state index in [0.29, 0.717) is 5.13 Å². The van der Waals surface area contributed by atoms with E-state index >= 15 is 0 Å². The fraction of sp³-hybridized carbons (Fsp3) is 0.412. The van der Waals surface area contributed by atoms with E-state index in [2.05, 4.69) is 28.5 Å². The highest BCUT2D eigenvalue weighted by Crippen LogP contribution is 2.29. The number of hydrogen-bond acceptors (Lipinski definition) is 4. The van der Waals surface area contributed by atoms with E-state index in [1.54, 1.807) is 13.8 Å². The van der Waals surface area contributed by atoms with Gasteiger partial charge in [0.1, 0.15) is 0 Å². The summed E-state index contributed by atoms with van der Waals surface area (Å²) in [6.07, 6.45) is 4.88. The molecule has 0 bridgehead atoms. The number of hydrogen-bond donors (Lipinski definition) is 2. The first-order valence-electron chi connectivity index (χ1n) is 7.61. The van der Waals surface area contributed by atoms with Gasteiger partial charge in [0.15, 0.2) is 5.13 Å². The third kappa shape index (κ3) is 4.10. The predicted octanol–water partition coefficient (Wildman–Crippen LogP) is 3.79. The molecule has 1 heterocycles. The minimum Gasteiger partial charge on any atom is -0.318 e. The molecule has 1 aliphatic rings. The van der Waals surface area contributed by atoms with Crippen molar-refractivity contribution in [2.24, 2.45) is 5.73 Å². The Morgan fingerprint density at radius 2 is 1.96 bits per heavy atom. The molecule has 0 spiro atoms. The highest BCUT2D eigenvalue weighted by atomic mass is 35.5. The van der Waals surface area contributed by atoms with Gasteiger partial charge in [-0.3, -0.25) is 4.79 Å². The molecule has 0 saturated carbocycles. The first-order valence-corrected chi connectivity index (χ1v) is 8.49. The van der Waals surface area contributed by atoms with Crippen LogP contribution in [0.1, 0.15) is 37.8 Å². The van der Waals surface area contributed by atoms with Gasteiger partial charge in [-0.2, -0.15) is 0 Å². The van der Waals surface area contributed by atoms with Gasteiger partial charge in [0, 0.05) is 10.9 Å². The number of fused-ring (bicyclic) bond motifs is 1. The summed E-state index contributed by atoms with van der Waals surface area (Å²) < 4.78 is 0. The summed E-state index contributed by atoms with van der Waals surface area (Å²) in [5, 5.41) is 5.35. The van der Waals surface area contributed by atoms with Crippen LogP contribution in [0, 0.1) is 0 Å². The van der Waals surface area contributed by atoms with Crippen LogP contribution in [0.4, 0.5) is 5.13 Å². The van der Waals surface area contributed by atoms with E-state index in [-0.39, 0.29) is 18.3 Å². The second kappa shape index (κ2) is 6.99. The minimum atomic E-state index is -0.905. The molecule has 3 N–H and O–H groups in total. The number of benzene rings is 1. The summed E-state index contributed by atoms with van der Waals surface area (Å²) in [7, 11) is 0. The highest BCUT2D eigenvalue weighted by Gasteiger charge is 2.23. The smallest absolute Gasteiger partial charge is 0.245 e. The number of aryl methyl sites for hydroxylation is 2. The second-order valence-electron chi connectivity index (χ2n) is 6.40. The van der Waals surface area contributed by atoms with Crippen LogP contribution >= 0.6 is 23.7 Å². The van der Waals surface area contributed by atoms with Crippen molar-refractivity contribution in [1.29, 1.82) is 0 Å². The largest absolute Gasteiger partial charge is 0.318 e. The molecule has 23 heavy (non-hydrogen) atoms. The number of anilines is 1. The first kappa shape index (κ1) is 17.9. The summed E-state index contributed by atoms with van der Waals surface area (Å²) in [6, 6.07) is 6.57. The van der Waals surface area contributed by atoms with Crippen LogP contribution in [0.25, 0.3) is 11.3 Å². The third-order valence-electron chi connectivity index (χ3n) is 3.95. The number of halogens is 1. The Labute approximate surface area is 146 Å². The molecule has 124 valence electrons. The fourth-order valence-electron chi connectivity index (χ4n) is 2.61. The monoisotopic (exact) mass is 351 g/mol. The number of nitrogens with zero attached hydrogens (tertiary/aromatic N) is 1. The van der Waals surface area contributed by atoms with E-state index in [1.807, 2.05) is 5.38 Å².